The van der Waals surface area contributed by atoms with Gasteiger partial charge in [0.15, 0.2) is 0 Å². The molecule has 0 aliphatic heterocycles. The highest BCUT2D eigenvalue weighted by Gasteiger charge is 2.08. The third-order valence-corrected chi connectivity index (χ3v) is 2.48. The van der Waals surface area contributed by atoms with Gasteiger partial charge in [0, 0.05) is 6.07 Å². The van der Waals surface area contributed by atoms with E-state index in [9.17, 15) is 0 Å². The Morgan fingerprint density at radius 3 is 2.67 bits per heavy atom. The highest BCUT2D eigenvalue weighted by atomic mass is 14.8. The minimum Gasteiger partial charge on any atom is -0.393 e. The number of nitrogens with two attached hydrogens (primary N) is 1. The number of nitrogens with zero attached hydrogens (tertiary/aromatic N) is 1. The summed E-state index contributed by atoms with van der Waals surface area (Å²) in [6.07, 6.45) is 0. The molecule has 0 saturated carbocycles. The quantitative estimate of drug-likeness (QED) is 0.440. The summed E-state index contributed by atoms with van der Waals surface area (Å²) in [6.45, 7) is 0. The minimum atomic E-state index is 0.728. The number of fused-ring (bicyclic) bond motifs is 2. The van der Waals surface area contributed by atoms with Crippen molar-refractivity contribution in [3.63, 3.8) is 0 Å². The fourth-order valence-corrected chi connectivity index (χ4v) is 1.73. The Kier molecular flexibility index (Phi) is 1.59. The van der Waals surface area contributed by atoms with Gasteiger partial charge >= 0.3 is 0 Å². The molecule has 0 radical (unpaired) electrons. The van der Waals surface area contributed by atoms with Crippen molar-refractivity contribution in [3.8, 4) is 0 Å². The third kappa shape index (κ3) is 1.21. The first-order valence-electron chi connectivity index (χ1n) is 4.81. The molecule has 3 N–H and O–H groups in total. The highest BCUT2D eigenvalue weighted by Crippen LogP contribution is 2.16. The average molecular weight is 196 g/mol. The Bertz CT molecular complexity index is 646. The lowest BCUT2D eigenvalue weighted by Gasteiger charge is -1.96. The van der Waals surface area contributed by atoms with Gasteiger partial charge in [-0.1, -0.05) is 18.2 Å². The third-order valence-electron chi connectivity index (χ3n) is 2.48. The summed E-state index contributed by atoms with van der Waals surface area (Å²) in [5.41, 5.74) is 10.4. The molecular weight excluding hydrogens is 186 g/mol. The van der Waals surface area contributed by atoms with Gasteiger partial charge in [-0.15, -0.1) is 0 Å². The summed E-state index contributed by atoms with van der Waals surface area (Å²) in [5.74, 6) is 0. The Morgan fingerprint density at radius 2 is 1.73 bits per heavy atom. The van der Waals surface area contributed by atoms with Crippen LogP contribution in [0.25, 0.3) is 22.1 Å². The normalized spacial score (nSPS) is 10.9. The van der Waals surface area contributed by atoms with E-state index in [1.807, 2.05) is 42.5 Å². The average Bonchev–Trinajstić information content (AvgIpc) is 2.27. The second-order valence-corrected chi connectivity index (χ2v) is 3.50. The second-order valence-electron chi connectivity index (χ2n) is 3.50. The van der Waals surface area contributed by atoms with Crippen molar-refractivity contribution < 1.29 is 4.98 Å². The first kappa shape index (κ1) is 8.17. The van der Waals surface area contributed by atoms with Crippen LogP contribution in [0.3, 0.4) is 0 Å². The Hall–Kier alpha value is -2.16. The zero-order chi connectivity index (χ0) is 10.3. The SMILES string of the molecule is Nc1cccc2nc3ccccc3[nH+]c12. The monoisotopic (exact) mass is 196 g/mol. The van der Waals surface area contributed by atoms with Gasteiger partial charge in [-0.3, -0.25) is 0 Å². The molecule has 0 unspecified atom stereocenters. The minimum absolute atomic E-state index is 0.728. The number of anilines is 1. The van der Waals surface area contributed by atoms with Gasteiger partial charge in [0.05, 0.1) is 0 Å². The van der Waals surface area contributed by atoms with Crippen molar-refractivity contribution in [2.75, 3.05) is 5.73 Å². The molecule has 0 atom stereocenters. The number of para-hydroxylation sites is 3. The van der Waals surface area contributed by atoms with Gasteiger partial charge in [0.25, 0.3) is 5.52 Å². The lowest BCUT2D eigenvalue weighted by Crippen LogP contribution is -2.09. The topological polar surface area (TPSA) is 53.0 Å². The molecule has 3 heteroatoms. The van der Waals surface area contributed by atoms with Crippen molar-refractivity contribution >= 4 is 27.8 Å². The summed E-state index contributed by atoms with van der Waals surface area (Å²) in [4.78, 5) is 7.82. The van der Waals surface area contributed by atoms with Crippen LogP contribution >= 0.6 is 0 Å². The van der Waals surface area contributed by atoms with Crippen molar-refractivity contribution in [3.05, 3.63) is 42.5 Å². The number of hydrogen-bond donors (Lipinski definition) is 1. The van der Waals surface area contributed by atoms with Gasteiger partial charge in [-0.25, -0.2) is 4.98 Å². The smallest absolute Gasteiger partial charge is 0.253 e. The van der Waals surface area contributed by atoms with Crippen LogP contribution in [-0.2, 0) is 0 Å². The zero-order valence-electron chi connectivity index (χ0n) is 8.07. The molecule has 0 fully saturated rings. The molecule has 15 heavy (non-hydrogen) atoms. The largest absolute Gasteiger partial charge is 0.393 e. The summed E-state index contributed by atoms with van der Waals surface area (Å²) < 4.78 is 0. The number of nitrogens with one attached hydrogen (secondary N) is 1. The van der Waals surface area contributed by atoms with E-state index in [2.05, 4.69) is 9.97 Å². The van der Waals surface area contributed by atoms with E-state index >= 15 is 0 Å². The van der Waals surface area contributed by atoms with Gasteiger partial charge in [0.2, 0.25) is 5.52 Å². The van der Waals surface area contributed by atoms with Crippen LogP contribution < -0.4 is 10.7 Å². The summed E-state index contributed by atoms with van der Waals surface area (Å²) in [5, 5.41) is 0. The molecule has 2 aromatic carbocycles. The summed E-state index contributed by atoms with van der Waals surface area (Å²) in [6, 6.07) is 13.7. The lowest BCUT2D eigenvalue weighted by atomic mass is 10.2. The van der Waals surface area contributed by atoms with Crippen molar-refractivity contribution in [2.24, 2.45) is 0 Å². The number of hydrogen-bond acceptors (Lipinski definition) is 2. The molecule has 1 aromatic heterocycles. The molecule has 3 aromatic rings. The molecule has 0 amide bonds. The van der Waals surface area contributed by atoms with E-state index in [-0.39, 0.29) is 0 Å². The van der Waals surface area contributed by atoms with Crippen LogP contribution in [0.4, 0.5) is 5.69 Å². The molecule has 0 saturated heterocycles. The second kappa shape index (κ2) is 2.92. The van der Waals surface area contributed by atoms with Crippen molar-refractivity contribution in [1.82, 2.24) is 4.98 Å². The predicted octanol–water partition coefficient (Wildman–Crippen LogP) is 1.78. The zero-order valence-corrected chi connectivity index (χ0v) is 8.07. The van der Waals surface area contributed by atoms with Crippen molar-refractivity contribution in [1.29, 1.82) is 0 Å². The van der Waals surface area contributed by atoms with Gasteiger partial charge in [-0.2, -0.15) is 4.98 Å². The summed E-state index contributed by atoms with van der Waals surface area (Å²) >= 11 is 0. The first-order chi connectivity index (χ1) is 7.34. The molecule has 72 valence electrons. The number of benzene rings is 2. The number of aromatic nitrogens is 2. The fourth-order valence-electron chi connectivity index (χ4n) is 1.73. The maximum absolute atomic E-state index is 5.88. The van der Waals surface area contributed by atoms with Crippen LogP contribution in [0.15, 0.2) is 42.5 Å². The maximum atomic E-state index is 5.88. The van der Waals surface area contributed by atoms with Crippen LogP contribution in [0.1, 0.15) is 0 Å². The molecule has 0 aliphatic rings. The number of H-pyrrole nitrogens is 1. The summed E-state index contributed by atoms with van der Waals surface area (Å²) in [7, 11) is 0. The standard InChI is InChI=1S/C12H9N3/c13-8-4-3-7-11-12(8)15-10-6-2-1-5-9(10)14-11/h1-7H,13H2/p+1. The van der Waals surface area contributed by atoms with Gasteiger partial charge in [0.1, 0.15) is 16.7 Å². The first-order valence-corrected chi connectivity index (χ1v) is 4.81. The van der Waals surface area contributed by atoms with E-state index in [0.29, 0.717) is 0 Å². The number of aromatic amines is 1. The molecular formula is C12H10N3+. The highest BCUT2D eigenvalue weighted by molar-refractivity contribution is 5.87. The number of rotatable bonds is 0. The van der Waals surface area contributed by atoms with Crippen LogP contribution in [-0.4, -0.2) is 4.98 Å². The van der Waals surface area contributed by atoms with E-state index in [1.54, 1.807) is 0 Å². The number of nitrogen functional groups attached to an aromatic ring is 1. The van der Waals surface area contributed by atoms with E-state index in [0.717, 1.165) is 27.8 Å². The molecule has 0 aliphatic carbocycles. The molecule has 3 rings (SSSR count). The Morgan fingerprint density at radius 1 is 0.933 bits per heavy atom. The van der Waals surface area contributed by atoms with E-state index in [4.69, 9.17) is 5.73 Å². The Labute approximate surface area is 86.6 Å². The van der Waals surface area contributed by atoms with Gasteiger partial charge < -0.3 is 5.73 Å². The molecule has 1 heterocycles. The van der Waals surface area contributed by atoms with Crippen LogP contribution in [0.5, 0.6) is 0 Å². The van der Waals surface area contributed by atoms with E-state index < -0.39 is 0 Å². The fraction of sp³-hybridized carbons (Fsp3) is 0. The molecule has 0 spiro atoms. The molecule has 0 bridgehead atoms. The molecule has 3 nitrogen and oxygen atoms in total. The maximum Gasteiger partial charge on any atom is 0.253 e. The van der Waals surface area contributed by atoms with Crippen LogP contribution in [0, 0.1) is 0 Å². The Balaban J connectivity index is 2.53. The van der Waals surface area contributed by atoms with Gasteiger partial charge in [-0.05, 0) is 18.2 Å². The predicted molar refractivity (Wildman–Crippen MR) is 60.2 cm³/mol. The van der Waals surface area contributed by atoms with E-state index in [1.165, 1.54) is 0 Å². The van der Waals surface area contributed by atoms with Crippen LogP contribution in [0.2, 0.25) is 0 Å². The van der Waals surface area contributed by atoms with Crippen molar-refractivity contribution in [2.45, 2.75) is 0 Å². The lowest BCUT2D eigenvalue weighted by molar-refractivity contribution is -0.310.